The Morgan fingerprint density at radius 1 is 0.808 bits per heavy atom. The molecule has 0 amide bonds. The van der Waals surface area contributed by atoms with Gasteiger partial charge in [-0.3, -0.25) is 4.52 Å². The molecule has 0 bridgehead atoms. The van der Waals surface area contributed by atoms with Crippen LogP contribution in [0, 0.1) is 5.41 Å². The maximum Gasteiger partial charge on any atom is 0.510 e. The Hall–Kier alpha value is -1.35. The SMILES string of the molecule is CC(C)OC(=O)OCOP(=O)(OCOC(=O)OC(C)C)OCC(C)(C)C. The molecule has 0 atom stereocenters. The molecule has 0 unspecified atom stereocenters. The van der Waals surface area contributed by atoms with Crippen LogP contribution in [0.5, 0.6) is 0 Å². The topological polar surface area (TPSA) is 116 Å². The lowest BCUT2D eigenvalue weighted by Gasteiger charge is -2.23. The molecule has 10 nitrogen and oxygen atoms in total. The van der Waals surface area contributed by atoms with Crippen LogP contribution in [-0.2, 0) is 37.1 Å². The van der Waals surface area contributed by atoms with Crippen LogP contribution in [-0.4, -0.2) is 44.7 Å². The highest BCUT2D eigenvalue weighted by Gasteiger charge is 2.31. The molecular weight excluding hydrogens is 371 g/mol. The van der Waals surface area contributed by atoms with E-state index in [-0.39, 0.29) is 24.2 Å². The molecule has 0 spiro atoms. The highest BCUT2D eigenvalue weighted by molar-refractivity contribution is 7.48. The average molecular weight is 400 g/mol. The van der Waals surface area contributed by atoms with Crippen LogP contribution in [0.1, 0.15) is 48.5 Å². The number of hydrogen-bond donors (Lipinski definition) is 0. The van der Waals surface area contributed by atoms with E-state index in [1.165, 1.54) is 0 Å². The number of phosphoric acid groups is 1. The zero-order chi connectivity index (χ0) is 20.4. The number of carbonyl (C=O) groups excluding carboxylic acids is 2. The number of carbonyl (C=O) groups is 2. The molecule has 0 rings (SSSR count). The average Bonchev–Trinajstić information content (AvgIpc) is 2.43. The van der Waals surface area contributed by atoms with Crippen LogP contribution in [0.15, 0.2) is 0 Å². The first kappa shape index (κ1) is 24.7. The first-order valence-corrected chi connectivity index (χ1v) is 9.49. The number of rotatable bonds is 10. The lowest BCUT2D eigenvalue weighted by atomic mass is 9.99. The lowest BCUT2D eigenvalue weighted by molar-refractivity contribution is -0.0483. The van der Waals surface area contributed by atoms with E-state index in [4.69, 9.17) is 23.0 Å². The van der Waals surface area contributed by atoms with Gasteiger partial charge in [0.15, 0.2) is 0 Å². The van der Waals surface area contributed by atoms with Gasteiger partial charge >= 0.3 is 20.1 Å². The molecule has 11 heteroatoms. The van der Waals surface area contributed by atoms with Crippen molar-refractivity contribution in [3.05, 3.63) is 0 Å². The van der Waals surface area contributed by atoms with Gasteiger partial charge in [0.25, 0.3) is 0 Å². The number of hydrogen-bond acceptors (Lipinski definition) is 10. The Labute approximate surface area is 154 Å². The van der Waals surface area contributed by atoms with Crippen molar-refractivity contribution in [3.8, 4) is 0 Å². The third kappa shape index (κ3) is 13.9. The molecule has 0 aliphatic rings. The van der Waals surface area contributed by atoms with E-state index in [1.54, 1.807) is 27.7 Å². The Bertz CT molecular complexity index is 451. The van der Waals surface area contributed by atoms with Crippen molar-refractivity contribution in [3.63, 3.8) is 0 Å². The summed E-state index contributed by atoms with van der Waals surface area (Å²) in [4.78, 5) is 22.6. The van der Waals surface area contributed by atoms with E-state index < -0.39 is 33.7 Å². The van der Waals surface area contributed by atoms with Crippen LogP contribution in [0.2, 0.25) is 0 Å². The molecule has 26 heavy (non-hydrogen) atoms. The van der Waals surface area contributed by atoms with Crippen molar-refractivity contribution in [2.45, 2.75) is 60.7 Å². The predicted molar refractivity (Wildman–Crippen MR) is 90.3 cm³/mol. The van der Waals surface area contributed by atoms with Gasteiger partial charge in [-0.05, 0) is 33.1 Å². The third-order valence-electron chi connectivity index (χ3n) is 2.09. The van der Waals surface area contributed by atoms with Gasteiger partial charge in [0, 0.05) is 0 Å². The lowest BCUT2D eigenvalue weighted by Crippen LogP contribution is -2.19. The molecule has 0 aromatic carbocycles. The summed E-state index contributed by atoms with van der Waals surface area (Å²) in [5.41, 5.74) is -0.350. The summed E-state index contributed by atoms with van der Waals surface area (Å²) in [5.74, 6) is 0. The van der Waals surface area contributed by atoms with E-state index >= 15 is 0 Å². The van der Waals surface area contributed by atoms with Crippen LogP contribution in [0.4, 0.5) is 9.59 Å². The molecule has 0 fully saturated rings. The second-order valence-electron chi connectivity index (χ2n) is 6.90. The molecule has 0 heterocycles. The van der Waals surface area contributed by atoms with Gasteiger partial charge in [-0.2, -0.15) is 0 Å². The standard InChI is InChI=1S/C15H29O10P/c1-11(2)24-13(16)19-9-22-26(18,21-8-15(5,6)7)23-10-20-14(17)25-12(3)4/h11-12H,8-10H2,1-7H3. The van der Waals surface area contributed by atoms with Crippen LogP contribution >= 0.6 is 7.82 Å². The van der Waals surface area contributed by atoms with Gasteiger partial charge in [0.05, 0.1) is 18.8 Å². The fourth-order valence-corrected chi connectivity index (χ4v) is 2.25. The normalized spacial score (nSPS) is 12.2. The highest BCUT2D eigenvalue weighted by Crippen LogP contribution is 2.50. The molecule has 0 N–H and O–H groups in total. The minimum absolute atomic E-state index is 0.0111. The molecule has 0 saturated heterocycles. The highest BCUT2D eigenvalue weighted by atomic mass is 31.2. The summed E-state index contributed by atoms with van der Waals surface area (Å²) in [6, 6.07) is 0. The smallest absolute Gasteiger partial charge is 0.432 e. The van der Waals surface area contributed by atoms with E-state index in [0.29, 0.717) is 0 Å². The molecule has 0 saturated carbocycles. The summed E-state index contributed by atoms with van der Waals surface area (Å²) < 4.78 is 46.2. The first-order valence-electron chi connectivity index (χ1n) is 8.03. The van der Waals surface area contributed by atoms with Crippen LogP contribution in [0.3, 0.4) is 0 Å². The van der Waals surface area contributed by atoms with Crippen molar-refractivity contribution in [2.24, 2.45) is 5.41 Å². The van der Waals surface area contributed by atoms with Gasteiger partial charge < -0.3 is 18.9 Å². The van der Waals surface area contributed by atoms with E-state index in [2.05, 4.69) is 9.47 Å². The van der Waals surface area contributed by atoms with Gasteiger partial charge in [-0.1, -0.05) is 20.8 Å². The fraction of sp³-hybridized carbons (Fsp3) is 0.867. The minimum atomic E-state index is -4.16. The number of phosphoric ester groups is 1. The Balaban J connectivity index is 4.57. The molecular formula is C15H29O10P. The second-order valence-corrected chi connectivity index (χ2v) is 8.57. The molecule has 0 aliphatic carbocycles. The maximum absolute atomic E-state index is 12.5. The van der Waals surface area contributed by atoms with Gasteiger partial charge in [-0.25, -0.2) is 23.2 Å². The zero-order valence-corrected chi connectivity index (χ0v) is 17.2. The number of ether oxygens (including phenoxy) is 4. The summed E-state index contributed by atoms with van der Waals surface area (Å²) in [6.07, 6.45) is -2.77. The van der Waals surface area contributed by atoms with Gasteiger partial charge in [0.1, 0.15) is 0 Å². The summed E-state index contributed by atoms with van der Waals surface area (Å²) in [7, 11) is -4.16. The molecule has 0 aliphatic heterocycles. The summed E-state index contributed by atoms with van der Waals surface area (Å²) >= 11 is 0. The van der Waals surface area contributed by atoms with Crippen LogP contribution < -0.4 is 0 Å². The molecule has 0 aromatic rings. The summed E-state index contributed by atoms with van der Waals surface area (Å²) in [5, 5.41) is 0. The fourth-order valence-electron chi connectivity index (χ4n) is 1.12. The van der Waals surface area contributed by atoms with E-state index in [1.807, 2.05) is 20.8 Å². The van der Waals surface area contributed by atoms with Gasteiger partial charge in [-0.15, -0.1) is 0 Å². The zero-order valence-electron chi connectivity index (χ0n) is 16.3. The van der Waals surface area contributed by atoms with E-state index in [0.717, 1.165) is 0 Å². The second kappa shape index (κ2) is 11.4. The molecule has 0 radical (unpaired) electrons. The monoisotopic (exact) mass is 400 g/mol. The van der Waals surface area contributed by atoms with Crippen molar-refractivity contribution in [1.82, 2.24) is 0 Å². The third-order valence-corrected chi connectivity index (χ3v) is 3.38. The minimum Gasteiger partial charge on any atom is -0.432 e. The largest absolute Gasteiger partial charge is 0.510 e. The Morgan fingerprint density at radius 3 is 1.50 bits per heavy atom. The summed E-state index contributed by atoms with van der Waals surface area (Å²) in [6.45, 7) is 10.6. The molecule has 0 aromatic heterocycles. The van der Waals surface area contributed by atoms with E-state index in [9.17, 15) is 14.2 Å². The van der Waals surface area contributed by atoms with Crippen molar-refractivity contribution < 1.29 is 46.7 Å². The van der Waals surface area contributed by atoms with Crippen LogP contribution in [0.25, 0.3) is 0 Å². The first-order chi connectivity index (χ1) is 11.8. The predicted octanol–water partition coefficient (Wildman–Crippen LogP) is 4.23. The van der Waals surface area contributed by atoms with Gasteiger partial charge in [0.2, 0.25) is 13.6 Å². The molecule has 154 valence electrons. The maximum atomic E-state index is 12.5. The Kier molecular flexibility index (Phi) is 10.8. The van der Waals surface area contributed by atoms with Crippen molar-refractivity contribution in [1.29, 1.82) is 0 Å². The Morgan fingerprint density at radius 2 is 1.19 bits per heavy atom. The quantitative estimate of drug-likeness (QED) is 0.300. The van der Waals surface area contributed by atoms with Crippen molar-refractivity contribution >= 4 is 20.1 Å². The van der Waals surface area contributed by atoms with Crippen molar-refractivity contribution in [2.75, 3.05) is 20.2 Å².